The molecule has 0 aromatic carbocycles. The minimum Gasteiger partial charge on any atom is -0.349 e. The fourth-order valence-corrected chi connectivity index (χ4v) is 2.87. The highest BCUT2D eigenvalue weighted by molar-refractivity contribution is 7.80. The molecule has 0 fully saturated rings. The van der Waals surface area contributed by atoms with E-state index in [9.17, 15) is 0 Å². The molecular formula is C15H32N2S. The molecule has 2 unspecified atom stereocenters. The molecule has 0 N–H and O–H groups in total. The van der Waals surface area contributed by atoms with Crippen molar-refractivity contribution in [3.8, 4) is 0 Å². The summed E-state index contributed by atoms with van der Waals surface area (Å²) in [5, 5.41) is 1.01. The summed E-state index contributed by atoms with van der Waals surface area (Å²) in [5.74, 6) is 0. The topological polar surface area (TPSA) is 6.48 Å². The molecule has 0 saturated carbocycles. The number of rotatable bonds is 8. The summed E-state index contributed by atoms with van der Waals surface area (Å²) < 4.78 is 0. The lowest BCUT2D eigenvalue weighted by Crippen LogP contribution is -2.47. The summed E-state index contributed by atoms with van der Waals surface area (Å²) in [6.07, 6.45) is 7.24. The third-order valence-corrected chi connectivity index (χ3v) is 4.46. The predicted octanol–water partition coefficient (Wildman–Crippen LogP) is 4.29. The van der Waals surface area contributed by atoms with Gasteiger partial charge < -0.3 is 9.80 Å². The van der Waals surface area contributed by atoms with Crippen LogP contribution in [0.5, 0.6) is 0 Å². The van der Waals surface area contributed by atoms with Gasteiger partial charge in [-0.1, -0.05) is 40.5 Å². The quantitative estimate of drug-likeness (QED) is 0.609. The van der Waals surface area contributed by atoms with Crippen LogP contribution in [0.25, 0.3) is 0 Å². The zero-order chi connectivity index (χ0) is 14.1. The molecule has 0 aromatic heterocycles. The van der Waals surface area contributed by atoms with E-state index in [0.29, 0.717) is 12.1 Å². The molecule has 0 aliphatic rings. The van der Waals surface area contributed by atoms with Gasteiger partial charge in [0.05, 0.1) is 0 Å². The smallest absolute Gasteiger partial charge is 0.171 e. The van der Waals surface area contributed by atoms with Gasteiger partial charge in [-0.15, -0.1) is 0 Å². The maximum atomic E-state index is 5.66. The molecule has 0 amide bonds. The predicted molar refractivity (Wildman–Crippen MR) is 86.1 cm³/mol. The van der Waals surface area contributed by atoms with Gasteiger partial charge in [0.2, 0.25) is 0 Å². The summed E-state index contributed by atoms with van der Waals surface area (Å²) in [6.45, 7) is 9.00. The Morgan fingerprint density at radius 3 is 1.39 bits per heavy atom. The average Bonchev–Trinajstić information content (AvgIpc) is 2.39. The van der Waals surface area contributed by atoms with Crippen molar-refractivity contribution in [3.63, 3.8) is 0 Å². The summed E-state index contributed by atoms with van der Waals surface area (Å²) >= 11 is 5.66. The standard InChI is InChI=1S/C15H32N2S/c1-7-11-13(9-3)16(5)15(18)17(6)14(10-4)12-8-2/h13-14H,7-12H2,1-6H3. The maximum absolute atomic E-state index is 5.66. The van der Waals surface area contributed by atoms with Gasteiger partial charge in [-0.05, 0) is 37.9 Å². The summed E-state index contributed by atoms with van der Waals surface area (Å²) in [7, 11) is 4.31. The van der Waals surface area contributed by atoms with E-state index < -0.39 is 0 Å². The Morgan fingerprint density at radius 2 is 1.17 bits per heavy atom. The van der Waals surface area contributed by atoms with Gasteiger partial charge in [0.15, 0.2) is 5.11 Å². The van der Waals surface area contributed by atoms with Gasteiger partial charge in [0, 0.05) is 26.2 Å². The van der Waals surface area contributed by atoms with Crippen LogP contribution in [0, 0.1) is 0 Å². The minimum absolute atomic E-state index is 0.587. The fraction of sp³-hybridized carbons (Fsp3) is 0.933. The Kier molecular flexibility index (Phi) is 9.43. The molecule has 0 radical (unpaired) electrons. The van der Waals surface area contributed by atoms with Crippen molar-refractivity contribution < 1.29 is 0 Å². The minimum atomic E-state index is 0.587. The second-order valence-corrected chi connectivity index (χ2v) is 5.57. The van der Waals surface area contributed by atoms with E-state index in [1.165, 1.54) is 38.5 Å². The molecule has 18 heavy (non-hydrogen) atoms. The van der Waals surface area contributed by atoms with Gasteiger partial charge in [0.25, 0.3) is 0 Å². The Labute approximate surface area is 120 Å². The first kappa shape index (κ1) is 17.7. The molecule has 0 aliphatic carbocycles. The molecule has 0 spiro atoms. The zero-order valence-electron chi connectivity index (χ0n) is 13.2. The lowest BCUT2D eigenvalue weighted by atomic mass is 10.1. The van der Waals surface area contributed by atoms with Crippen molar-refractivity contribution in [2.24, 2.45) is 0 Å². The van der Waals surface area contributed by atoms with Gasteiger partial charge in [-0.2, -0.15) is 0 Å². The van der Waals surface area contributed by atoms with Crippen molar-refractivity contribution in [3.05, 3.63) is 0 Å². The lowest BCUT2D eigenvalue weighted by molar-refractivity contribution is 0.258. The first-order valence-corrected chi connectivity index (χ1v) is 7.93. The van der Waals surface area contributed by atoms with Crippen LogP contribution in [0.2, 0.25) is 0 Å². The average molecular weight is 273 g/mol. The zero-order valence-corrected chi connectivity index (χ0v) is 14.0. The molecule has 0 heterocycles. The Morgan fingerprint density at radius 1 is 0.833 bits per heavy atom. The van der Waals surface area contributed by atoms with Crippen LogP contribution < -0.4 is 0 Å². The SMILES string of the molecule is CCCC(CC)N(C)C(=S)N(C)C(CC)CCC. The van der Waals surface area contributed by atoms with E-state index >= 15 is 0 Å². The van der Waals surface area contributed by atoms with Crippen LogP contribution >= 0.6 is 12.2 Å². The number of nitrogens with zero attached hydrogens (tertiary/aromatic N) is 2. The van der Waals surface area contributed by atoms with Gasteiger partial charge in [0.1, 0.15) is 0 Å². The van der Waals surface area contributed by atoms with E-state index in [1.807, 2.05) is 0 Å². The second kappa shape index (κ2) is 9.60. The Balaban J connectivity index is 4.59. The fourth-order valence-electron chi connectivity index (χ4n) is 2.57. The van der Waals surface area contributed by atoms with Crippen LogP contribution in [0.15, 0.2) is 0 Å². The number of thiocarbonyl (C=S) groups is 1. The highest BCUT2D eigenvalue weighted by Gasteiger charge is 2.21. The summed E-state index contributed by atoms with van der Waals surface area (Å²) in [4.78, 5) is 4.61. The van der Waals surface area contributed by atoms with Crippen molar-refractivity contribution in [2.45, 2.75) is 78.3 Å². The molecule has 0 aliphatic heterocycles. The van der Waals surface area contributed by atoms with Crippen molar-refractivity contribution >= 4 is 17.3 Å². The molecular weight excluding hydrogens is 240 g/mol. The molecule has 108 valence electrons. The van der Waals surface area contributed by atoms with Crippen LogP contribution in [0.1, 0.15) is 66.2 Å². The summed E-state index contributed by atoms with van der Waals surface area (Å²) in [5.41, 5.74) is 0. The molecule has 2 atom stereocenters. The van der Waals surface area contributed by atoms with Gasteiger partial charge in [-0.25, -0.2) is 0 Å². The molecule has 3 heteroatoms. The Hall–Kier alpha value is -0.310. The van der Waals surface area contributed by atoms with Crippen LogP contribution in [0.4, 0.5) is 0 Å². The normalized spacial score (nSPS) is 14.1. The molecule has 0 aromatic rings. The molecule has 0 bridgehead atoms. The van der Waals surface area contributed by atoms with Gasteiger partial charge in [-0.3, -0.25) is 0 Å². The van der Waals surface area contributed by atoms with Crippen molar-refractivity contribution in [1.82, 2.24) is 9.80 Å². The first-order chi connectivity index (χ1) is 8.53. The second-order valence-electron chi connectivity index (χ2n) is 5.21. The number of hydrogen-bond donors (Lipinski definition) is 0. The summed E-state index contributed by atoms with van der Waals surface area (Å²) in [6, 6.07) is 1.17. The highest BCUT2D eigenvalue weighted by Crippen LogP contribution is 2.15. The monoisotopic (exact) mass is 272 g/mol. The lowest BCUT2D eigenvalue weighted by Gasteiger charge is -2.38. The number of hydrogen-bond acceptors (Lipinski definition) is 1. The van der Waals surface area contributed by atoms with E-state index in [1.54, 1.807) is 0 Å². The third-order valence-electron chi connectivity index (χ3n) is 3.89. The van der Waals surface area contributed by atoms with Crippen LogP contribution in [0.3, 0.4) is 0 Å². The maximum Gasteiger partial charge on any atom is 0.171 e. The van der Waals surface area contributed by atoms with E-state index in [2.05, 4.69) is 51.6 Å². The van der Waals surface area contributed by atoms with E-state index in [-0.39, 0.29) is 0 Å². The highest BCUT2D eigenvalue weighted by atomic mass is 32.1. The molecule has 2 nitrogen and oxygen atoms in total. The van der Waals surface area contributed by atoms with Crippen molar-refractivity contribution in [2.75, 3.05) is 14.1 Å². The largest absolute Gasteiger partial charge is 0.349 e. The third kappa shape index (κ3) is 5.13. The van der Waals surface area contributed by atoms with Crippen LogP contribution in [-0.4, -0.2) is 41.1 Å². The van der Waals surface area contributed by atoms with E-state index in [4.69, 9.17) is 12.2 Å². The van der Waals surface area contributed by atoms with E-state index in [0.717, 1.165) is 5.11 Å². The Bertz CT molecular complexity index is 209. The van der Waals surface area contributed by atoms with Crippen molar-refractivity contribution in [1.29, 1.82) is 0 Å². The molecule has 0 rings (SSSR count). The first-order valence-electron chi connectivity index (χ1n) is 7.52. The molecule has 0 saturated heterocycles. The van der Waals surface area contributed by atoms with Crippen LogP contribution in [-0.2, 0) is 0 Å². The van der Waals surface area contributed by atoms with Gasteiger partial charge >= 0.3 is 0 Å².